The molecule has 1 atom stereocenters. The molecule has 19 heavy (non-hydrogen) atoms. The van der Waals surface area contributed by atoms with Gasteiger partial charge in [-0.1, -0.05) is 13.3 Å². The van der Waals surface area contributed by atoms with Crippen LogP contribution in [0.15, 0.2) is 22.9 Å². The molecular formula is C14H20BrN3O. The van der Waals surface area contributed by atoms with Gasteiger partial charge in [-0.3, -0.25) is 4.79 Å². The molecule has 1 saturated heterocycles. The molecule has 2 N–H and O–H groups in total. The summed E-state index contributed by atoms with van der Waals surface area (Å²) in [5.74, 6) is 0.116. The molecule has 1 unspecified atom stereocenters. The van der Waals surface area contributed by atoms with E-state index in [0.717, 1.165) is 49.1 Å². The number of halogens is 1. The summed E-state index contributed by atoms with van der Waals surface area (Å²) in [6.45, 7) is 3.92. The van der Waals surface area contributed by atoms with Crippen LogP contribution in [-0.4, -0.2) is 24.0 Å². The fourth-order valence-corrected chi connectivity index (χ4v) is 2.92. The van der Waals surface area contributed by atoms with Gasteiger partial charge in [0.1, 0.15) is 4.60 Å². The number of hydrogen-bond acceptors (Lipinski definition) is 3. The van der Waals surface area contributed by atoms with Crippen molar-refractivity contribution in [3.05, 3.63) is 22.9 Å². The highest BCUT2D eigenvalue weighted by Crippen LogP contribution is 2.33. The van der Waals surface area contributed by atoms with Crippen LogP contribution >= 0.6 is 15.9 Å². The molecule has 1 aliphatic rings. The Morgan fingerprint density at radius 2 is 2.42 bits per heavy atom. The number of aromatic nitrogens is 1. The molecule has 0 saturated carbocycles. The molecule has 0 aromatic carbocycles. The van der Waals surface area contributed by atoms with Gasteiger partial charge in [-0.15, -0.1) is 0 Å². The van der Waals surface area contributed by atoms with Gasteiger partial charge in [-0.2, -0.15) is 0 Å². The van der Waals surface area contributed by atoms with E-state index in [1.807, 2.05) is 12.1 Å². The second-order valence-corrected chi connectivity index (χ2v) is 5.95. The fourth-order valence-electron chi connectivity index (χ4n) is 2.68. The van der Waals surface area contributed by atoms with Crippen LogP contribution < -0.4 is 10.6 Å². The zero-order valence-corrected chi connectivity index (χ0v) is 12.8. The van der Waals surface area contributed by atoms with E-state index in [0.29, 0.717) is 0 Å². The van der Waals surface area contributed by atoms with Crippen LogP contribution in [0.1, 0.15) is 32.6 Å². The van der Waals surface area contributed by atoms with Crippen LogP contribution in [-0.2, 0) is 4.79 Å². The van der Waals surface area contributed by atoms with Crippen molar-refractivity contribution in [2.75, 3.05) is 18.4 Å². The van der Waals surface area contributed by atoms with Gasteiger partial charge < -0.3 is 10.6 Å². The van der Waals surface area contributed by atoms with Gasteiger partial charge >= 0.3 is 0 Å². The van der Waals surface area contributed by atoms with E-state index in [-0.39, 0.29) is 11.3 Å². The SMILES string of the molecule is CCCC1(C(=O)Nc2ccc(Br)nc2)CCCNC1. The Labute approximate surface area is 122 Å². The summed E-state index contributed by atoms with van der Waals surface area (Å²) in [5.41, 5.74) is 0.495. The van der Waals surface area contributed by atoms with Gasteiger partial charge in [0.05, 0.1) is 17.3 Å². The van der Waals surface area contributed by atoms with Crippen molar-refractivity contribution >= 4 is 27.5 Å². The Hall–Kier alpha value is -0.940. The molecule has 1 fully saturated rings. The zero-order valence-electron chi connectivity index (χ0n) is 11.2. The molecule has 5 heteroatoms. The van der Waals surface area contributed by atoms with Gasteiger partial charge in [0.25, 0.3) is 0 Å². The van der Waals surface area contributed by atoms with Crippen LogP contribution in [0.3, 0.4) is 0 Å². The van der Waals surface area contributed by atoms with Gasteiger partial charge in [-0.05, 0) is 53.9 Å². The maximum atomic E-state index is 12.6. The smallest absolute Gasteiger partial charge is 0.231 e. The van der Waals surface area contributed by atoms with E-state index in [1.165, 1.54) is 0 Å². The molecule has 4 nitrogen and oxygen atoms in total. The molecule has 1 aromatic rings. The predicted molar refractivity (Wildman–Crippen MR) is 80.0 cm³/mol. The molecule has 1 aromatic heterocycles. The van der Waals surface area contributed by atoms with Crippen LogP contribution in [0, 0.1) is 5.41 Å². The van der Waals surface area contributed by atoms with Crippen LogP contribution in [0.2, 0.25) is 0 Å². The lowest BCUT2D eigenvalue weighted by atomic mass is 9.76. The van der Waals surface area contributed by atoms with E-state index in [2.05, 4.69) is 38.5 Å². The van der Waals surface area contributed by atoms with Crippen molar-refractivity contribution in [1.29, 1.82) is 0 Å². The van der Waals surface area contributed by atoms with Crippen molar-refractivity contribution in [2.45, 2.75) is 32.6 Å². The minimum absolute atomic E-state index is 0.116. The van der Waals surface area contributed by atoms with Gasteiger partial charge in [0.2, 0.25) is 5.91 Å². The number of carbonyl (C=O) groups excluding carboxylic acids is 1. The van der Waals surface area contributed by atoms with Crippen molar-refractivity contribution < 1.29 is 4.79 Å². The Balaban J connectivity index is 2.09. The van der Waals surface area contributed by atoms with Gasteiger partial charge in [0, 0.05) is 6.54 Å². The predicted octanol–water partition coefficient (Wildman–Crippen LogP) is 2.95. The summed E-state index contributed by atoms with van der Waals surface area (Å²) in [6, 6.07) is 3.70. The van der Waals surface area contributed by atoms with E-state index >= 15 is 0 Å². The van der Waals surface area contributed by atoms with Crippen LogP contribution in [0.5, 0.6) is 0 Å². The first-order valence-corrected chi connectivity index (χ1v) is 7.59. The molecule has 1 aliphatic heterocycles. The highest BCUT2D eigenvalue weighted by Gasteiger charge is 2.38. The lowest BCUT2D eigenvalue weighted by Gasteiger charge is -2.36. The second-order valence-electron chi connectivity index (χ2n) is 5.13. The van der Waals surface area contributed by atoms with E-state index in [1.54, 1.807) is 6.20 Å². The topological polar surface area (TPSA) is 54.0 Å². The first-order valence-electron chi connectivity index (χ1n) is 6.80. The Morgan fingerprint density at radius 3 is 3.00 bits per heavy atom. The molecule has 2 heterocycles. The first kappa shape index (κ1) is 14.5. The quantitative estimate of drug-likeness (QED) is 0.837. The van der Waals surface area contributed by atoms with Crippen molar-refractivity contribution in [2.24, 2.45) is 5.41 Å². The lowest BCUT2D eigenvalue weighted by molar-refractivity contribution is -0.127. The lowest BCUT2D eigenvalue weighted by Crippen LogP contribution is -2.48. The Morgan fingerprint density at radius 1 is 1.58 bits per heavy atom. The molecule has 0 bridgehead atoms. The minimum atomic E-state index is -0.264. The van der Waals surface area contributed by atoms with Crippen molar-refractivity contribution in [1.82, 2.24) is 10.3 Å². The second kappa shape index (κ2) is 6.48. The normalized spacial score (nSPS) is 23.1. The summed E-state index contributed by atoms with van der Waals surface area (Å²) in [6.07, 6.45) is 5.65. The van der Waals surface area contributed by atoms with Crippen LogP contribution in [0.4, 0.5) is 5.69 Å². The van der Waals surface area contributed by atoms with E-state index < -0.39 is 0 Å². The summed E-state index contributed by atoms with van der Waals surface area (Å²) in [4.78, 5) is 16.7. The summed E-state index contributed by atoms with van der Waals surface area (Å²) >= 11 is 3.29. The third kappa shape index (κ3) is 3.54. The summed E-state index contributed by atoms with van der Waals surface area (Å²) < 4.78 is 0.771. The number of pyridine rings is 1. The summed E-state index contributed by atoms with van der Waals surface area (Å²) in [5, 5.41) is 6.35. The molecule has 0 radical (unpaired) electrons. The molecular weight excluding hydrogens is 306 g/mol. The largest absolute Gasteiger partial charge is 0.324 e. The van der Waals surface area contributed by atoms with Crippen molar-refractivity contribution in [3.8, 4) is 0 Å². The number of hydrogen-bond donors (Lipinski definition) is 2. The number of anilines is 1. The molecule has 0 spiro atoms. The number of amides is 1. The van der Waals surface area contributed by atoms with Crippen molar-refractivity contribution in [3.63, 3.8) is 0 Å². The van der Waals surface area contributed by atoms with E-state index in [4.69, 9.17) is 0 Å². The Bertz CT molecular complexity index is 421. The first-order chi connectivity index (χ1) is 9.16. The average Bonchev–Trinajstić information content (AvgIpc) is 2.43. The maximum absolute atomic E-state index is 12.6. The summed E-state index contributed by atoms with van der Waals surface area (Å²) in [7, 11) is 0. The molecule has 0 aliphatic carbocycles. The highest BCUT2D eigenvalue weighted by atomic mass is 79.9. The molecule has 104 valence electrons. The maximum Gasteiger partial charge on any atom is 0.231 e. The number of nitrogens with one attached hydrogen (secondary N) is 2. The monoisotopic (exact) mass is 325 g/mol. The standard InChI is InChI=1S/C14H20BrN3O/c1-2-6-14(7-3-8-16-10-14)13(19)18-11-4-5-12(15)17-9-11/h4-5,9,16H,2-3,6-8,10H2,1H3,(H,18,19). The third-order valence-corrected chi connectivity index (χ3v) is 4.14. The Kier molecular flexibility index (Phi) is 4.93. The fraction of sp³-hybridized carbons (Fsp3) is 0.571. The average molecular weight is 326 g/mol. The number of piperidine rings is 1. The molecule has 1 amide bonds. The number of rotatable bonds is 4. The third-order valence-electron chi connectivity index (χ3n) is 3.67. The van der Waals surface area contributed by atoms with Crippen LogP contribution in [0.25, 0.3) is 0 Å². The number of carbonyl (C=O) groups is 1. The zero-order chi connectivity index (χ0) is 13.7. The van der Waals surface area contributed by atoms with E-state index in [9.17, 15) is 4.79 Å². The minimum Gasteiger partial charge on any atom is -0.324 e. The van der Waals surface area contributed by atoms with Gasteiger partial charge in [0.15, 0.2) is 0 Å². The van der Waals surface area contributed by atoms with Gasteiger partial charge in [-0.25, -0.2) is 4.98 Å². The molecule has 2 rings (SSSR count). The highest BCUT2D eigenvalue weighted by molar-refractivity contribution is 9.10. The number of nitrogens with zero attached hydrogens (tertiary/aromatic N) is 1.